The zero-order valence-electron chi connectivity index (χ0n) is 14.6. The summed E-state index contributed by atoms with van der Waals surface area (Å²) in [6, 6.07) is 15.6. The highest BCUT2D eigenvalue weighted by molar-refractivity contribution is 5.44. The predicted molar refractivity (Wildman–Crippen MR) is 101 cm³/mol. The maximum atomic E-state index is 10.2. The number of benzene rings is 2. The van der Waals surface area contributed by atoms with Crippen LogP contribution in [-0.4, -0.2) is 11.4 Å². The van der Waals surface area contributed by atoms with Crippen molar-refractivity contribution in [3.63, 3.8) is 0 Å². The van der Waals surface area contributed by atoms with E-state index >= 15 is 0 Å². The standard InChI is InChI=1S/C23H22O2/c1-17-3-7-19(8-4-17)9-10-20-11-15-22(16-12-20)25-23(24)21-13-5-18(2)6-14-21/h3-5,7-8,11-13,15-16,23-24H,6,14H2,1-2H3. The SMILES string of the molecule is CC1=CC=C(C(O)Oc2ccc(C#Cc3ccc(C)cc3)cc2)CC1. The lowest BCUT2D eigenvalue weighted by Crippen LogP contribution is -2.19. The molecule has 0 saturated carbocycles. The van der Waals surface area contributed by atoms with E-state index in [1.165, 1.54) is 11.1 Å². The molecule has 2 aromatic carbocycles. The molecule has 1 unspecified atom stereocenters. The first kappa shape index (κ1) is 17.1. The van der Waals surface area contributed by atoms with Crippen LogP contribution >= 0.6 is 0 Å². The van der Waals surface area contributed by atoms with E-state index in [4.69, 9.17) is 4.74 Å². The minimum Gasteiger partial charge on any atom is -0.461 e. The Morgan fingerprint density at radius 1 is 0.840 bits per heavy atom. The van der Waals surface area contributed by atoms with Gasteiger partial charge < -0.3 is 9.84 Å². The molecule has 0 spiro atoms. The molecule has 0 amide bonds. The number of hydrogen-bond donors (Lipinski definition) is 1. The van der Waals surface area contributed by atoms with Gasteiger partial charge in [-0.1, -0.05) is 47.3 Å². The van der Waals surface area contributed by atoms with E-state index in [0.29, 0.717) is 5.75 Å². The third-order valence-corrected chi connectivity index (χ3v) is 4.21. The van der Waals surface area contributed by atoms with E-state index in [1.54, 1.807) is 0 Å². The van der Waals surface area contributed by atoms with Crippen molar-refractivity contribution in [2.24, 2.45) is 0 Å². The summed E-state index contributed by atoms with van der Waals surface area (Å²) in [4.78, 5) is 0. The molecule has 0 radical (unpaired) electrons. The van der Waals surface area contributed by atoms with Crippen molar-refractivity contribution in [2.75, 3.05) is 0 Å². The quantitative estimate of drug-likeness (QED) is 0.649. The van der Waals surface area contributed by atoms with Crippen LogP contribution in [0.15, 0.2) is 71.8 Å². The van der Waals surface area contributed by atoms with Gasteiger partial charge in [-0.05, 0) is 68.7 Å². The maximum absolute atomic E-state index is 10.2. The molecule has 1 atom stereocenters. The minimum absolute atomic E-state index is 0.639. The molecule has 2 nitrogen and oxygen atoms in total. The molecule has 2 aromatic rings. The summed E-state index contributed by atoms with van der Waals surface area (Å²) in [6.45, 7) is 4.15. The highest BCUT2D eigenvalue weighted by Gasteiger charge is 2.14. The van der Waals surface area contributed by atoms with E-state index in [9.17, 15) is 5.11 Å². The molecule has 1 aliphatic rings. The fourth-order valence-corrected chi connectivity index (χ4v) is 2.57. The molecule has 0 aliphatic heterocycles. The molecule has 0 aromatic heterocycles. The zero-order chi connectivity index (χ0) is 17.6. The second kappa shape index (κ2) is 7.88. The third-order valence-electron chi connectivity index (χ3n) is 4.21. The number of aliphatic hydroxyl groups is 1. The van der Waals surface area contributed by atoms with Crippen LogP contribution in [-0.2, 0) is 0 Å². The molecular weight excluding hydrogens is 308 g/mol. The highest BCUT2D eigenvalue weighted by atomic mass is 16.6. The summed E-state index contributed by atoms with van der Waals surface area (Å²) >= 11 is 0. The number of hydrogen-bond acceptors (Lipinski definition) is 2. The van der Waals surface area contributed by atoms with Crippen molar-refractivity contribution in [3.8, 4) is 17.6 Å². The fraction of sp³-hybridized carbons (Fsp3) is 0.217. The molecule has 126 valence electrons. The van der Waals surface area contributed by atoms with Crippen LogP contribution in [0.1, 0.15) is 36.5 Å². The summed E-state index contributed by atoms with van der Waals surface area (Å²) in [6.07, 6.45) is 4.90. The lowest BCUT2D eigenvalue weighted by Gasteiger charge is -2.19. The molecule has 2 heteroatoms. The molecule has 0 bridgehead atoms. The van der Waals surface area contributed by atoms with Crippen molar-refractivity contribution in [3.05, 3.63) is 88.5 Å². The van der Waals surface area contributed by atoms with Crippen molar-refractivity contribution in [1.29, 1.82) is 0 Å². The van der Waals surface area contributed by atoms with Gasteiger partial charge in [-0.25, -0.2) is 0 Å². The summed E-state index contributed by atoms with van der Waals surface area (Å²) in [5.74, 6) is 6.93. The average molecular weight is 330 g/mol. The number of allylic oxidation sites excluding steroid dienone is 3. The molecule has 0 fully saturated rings. The van der Waals surface area contributed by atoms with Gasteiger partial charge in [-0.15, -0.1) is 0 Å². The third kappa shape index (κ3) is 4.86. The van der Waals surface area contributed by atoms with Crippen molar-refractivity contribution < 1.29 is 9.84 Å². The fourth-order valence-electron chi connectivity index (χ4n) is 2.57. The molecule has 1 N–H and O–H groups in total. The molecular formula is C23H22O2. The van der Waals surface area contributed by atoms with Gasteiger partial charge in [-0.3, -0.25) is 0 Å². The molecule has 1 aliphatic carbocycles. The first-order valence-electron chi connectivity index (χ1n) is 8.50. The maximum Gasteiger partial charge on any atom is 0.220 e. The predicted octanol–water partition coefficient (Wildman–Crippen LogP) is 4.76. The van der Waals surface area contributed by atoms with E-state index < -0.39 is 6.29 Å². The summed E-state index contributed by atoms with van der Waals surface area (Å²) in [5.41, 5.74) is 5.37. The van der Waals surface area contributed by atoms with Crippen LogP contribution in [0.4, 0.5) is 0 Å². The lowest BCUT2D eigenvalue weighted by molar-refractivity contribution is 0.0119. The Morgan fingerprint density at radius 3 is 2.00 bits per heavy atom. The van der Waals surface area contributed by atoms with Crippen LogP contribution in [0.5, 0.6) is 5.75 Å². The Hall–Kier alpha value is -2.76. The van der Waals surface area contributed by atoms with Gasteiger partial charge in [0.2, 0.25) is 6.29 Å². The van der Waals surface area contributed by atoms with Crippen LogP contribution in [0.3, 0.4) is 0 Å². The van der Waals surface area contributed by atoms with Crippen molar-refractivity contribution in [1.82, 2.24) is 0 Å². The molecule has 0 heterocycles. The monoisotopic (exact) mass is 330 g/mol. The van der Waals surface area contributed by atoms with Crippen molar-refractivity contribution >= 4 is 0 Å². The number of ether oxygens (including phenoxy) is 1. The number of aryl methyl sites for hydroxylation is 1. The minimum atomic E-state index is -0.895. The van der Waals surface area contributed by atoms with E-state index in [2.05, 4.69) is 37.8 Å². The Morgan fingerprint density at radius 2 is 1.44 bits per heavy atom. The lowest BCUT2D eigenvalue weighted by atomic mass is 9.99. The first-order valence-corrected chi connectivity index (χ1v) is 8.50. The van der Waals surface area contributed by atoms with E-state index in [0.717, 1.165) is 29.5 Å². The summed E-state index contributed by atoms with van der Waals surface area (Å²) in [5, 5.41) is 10.2. The number of rotatable bonds is 3. The highest BCUT2D eigenvalue weighted by Crippen LogP contribution is 2.23. The Balaban J connectivity index is 1.63. The van der Waals surface area contributed by atoms with E-state index in [1.807, 2.05) is 48.6 Å². The second-order valence-electron chi connectivity index (χ2n) is 6.37. The molecule has 25 heavy (non-hydrogen) atoms. The van der Waals surface area contributed by atoms with Crippen molar-refractivity contribution in [2.45, 2.75) is 33.0 Å². The van der Waals surface area contributed by atoms with Gasteiger partial charge in [0, 0.05) is 11.1 Å². The summed E-state index contributed by atoms with van der Waals surface area (Å²) in [7, 11) is 0. The van der Waals surface area contributed by atoms with Gasteiger partial charge >= 0.3 is 0 Å². The van der Waals surface area contributed by atoms with Gasteiger partial charge in [0.1, 0.15) is 5.75 Å². The largest absolute Gasteiger partial charge is 0.461 e. The molecule has 0 saturated heterocycles. The van der Waals surface area contributed by atoms with Crippen LogP contribution in [0, 0.1) is 18.8 Å². The van der Waals surface area contributed by atoms with Gasteiger partial charge in [-0.2, -0.15) is 0 Å². The zero-order valence-corrected chi connectivity index (χ0v) is 14.6. The second-order valence-corrected chi connectivity index (χ2v) is 6.37. The van der Waals surface area contributed by atoms with Crippen LogP contribution in [0.2, 0.25) is 0 Å². The van der Waals surface area contributed by atoms with Gasteiger partial charge in [0.05, 0.1) is 0 Å². The smallest absolute Gasteiger partial charge is 0.220 e. The normalized spacial score (nSPS) is 14.7. The molecule has 3 rings (SSSR count). The van der Waals surface area contributed by atoms with Crippen LogP contribution in [0.25, 0.3) is 0 Å². The van der Waals surface area contributed by atoms with Gasteiger partial charge in [0.25, 0.3) is 0 Å². The number of aliphatic hydroxyl groups excluding tert-OH is 1. The van der Waals surface area contributed by atoms with Gasteiger partial charge in [0.15, 0.2) is 0 Å². The topological polar surface area (TPSA) is 29.5 Å². The Kier molecular flexibility index (Phi) is 5.38. The summed E-state index contributed by atoms with van der Waals surface area (Å²) < 4.78 is 5.63. The first-order chi connectivity index (χ1) is 12.1. The van der Waals surface area contributed by atoms with E-state index in [-0.39, 0.29) is 0 Å². The Bertz CT molecular complexity index is 844. The average Bonchev–Trinajstić information content (AvgIpc) is 2.63. The van der Waals surface area contributed by atoms with Crippen LogP contribution < -0.4 is 4.74 Å². The Labute approximate surface area is 149 Å².